The number of carbonyl (C=O) groups excluding carboxylic acids is 1. The number of hydrogen-bond acceptors (Lipinski definition) is 4. The summed E-state index contributed by atoms with van der Waals surface area (Å²) in [5, 5.41) is 23.6. The molecule has 0 saturated heterocycles. The lowest BCUT2D eigenvalue weighted by Crippen LogP contribution is -2.25. The summed E-state index contributed by atoms with van der Waals surface area (Å²) in [6.45, 7) is 0. The second-order valence-corrected chi connectivity index (χ2v) is 6.78. The van der Waals surface area contributed by atoms with Gasteiger partial charge in [0.05, 0.1) is 9.78 Å². The third-order valence-electron chi connectivity index (χ3n) is 2.80. The standard InChI is InChI=1S/C15H12I2N2O3/c16-11-6-10(13(20)12(17)7-11)8-18-19-15(22)14(21)9-4-2-1-3-5-9/h1-8,14,20-21H,(H,19,22). The summed E-state index contributed by atoms with van der Waals surface area (Å²) in [5.41, 5.74) is 3.24. The molecule has 0 heterocycles. The Morgan fingerprint density at radius 2 is 1.91 bits per heavy atom. The Morgan fingerprint density at radius 3 is 2.59 bits per heavy atom. The lowest BCUT2D eigenvalue weighted by Gasteiger charge is -2.08. The summed E-state index contributed by atoms with van der Waals surface area (Å²) >= 11 is 4.14. The predicted molar refractivity (Wildman–Crippen MR) is 101 cm³/mol. The van der Waals surface area contributed by atoms with Crippen molar-refractivity contribution in [2.45, 2.75) is 6.10 Å². The first kappa shape index (κ1) is 17.2. The molecule has 3 N–H and O–H groups in total. The van der Waals surface area contributed by atoms with Crippen LogP contribution < -0.4 is 5.43 Å². The molecule has 0 radical (unpaired) electrons. The van der Waals surface area contributed by atoms with Crippen LogP contribution in [0.1, 0.15) is 17.2 Å². The molecule has 0 aliphatic heterocycles. The number of aliphatic hydroxyl groups is 1. The average Bonchev–Trinajstić information content (AvgIpc) is 2.51. The third-order valence-corrected chi connectivity index (χ3v) is 4.24. The summed E-state index contributed by atoms with van der Waals surface area (Å²) in [6, 6.07) is 12.1. The zero-order valence-corrected chi connectivity index (χ0v) is 15.5. The van der Waals surface area contributed by atoms with Crippen LogP contribution in [0.5, 0.6) is 5.75 Å². The van der Waals surface area contributed by atoms with Gasteiger partial charge in [0.2, 0.25) is 0 Å². The molecule has 0 spiro atoms. The maximum atomic E-state index is 11.8. The van der Waals surface area contributed by atoms with Gasteiger partial charge >= 0.3 is 0 Å². The fraction of sp³-hybridized carbons (Fsp3) is 0.0667. The molecule has 0 aliphatic carbocycles. The molecule has 7 heteroatoms. The monoisotopic (exact) mass is 522 g/mol. The normalized spacial score (nSPS) is 12.3. The average molecular weight is 522 g/mol. The molecule has 0 fully saturated rings. The van der Waals surface area contributed by atoms with E-state index in [4.69, 9.17) is 0 Å². The summed E-state index contributed by atoms with van der Waals surface area (Å²) in [6.07, 6.45) is 0.0536. The van der Waals surface area contributed by atoms with Crippen LogP contribution in [0.2, 0.25) is 0 Å². The number of aromatic hydroxyl groups is 1. The molecular formula is C15H12I2N2O3. The number of carbonyl (C=O) groups is 1. The molecule has 114 valence electrons. The number of hydrazone groups is 1. The first-order valence-electron chi connectivity index (χ1n) is 6.23. The van der Waals surface area contributed by atoms with E-state index < -0.39 is 12.0 Å². The zero-order chi connectivity index (χ0) is 16.1. The van der Waals surface area contributed by atoms with Crippen LogP contribution in [0, 0.1) is 7.14 Å². The van der Waals surface area contributed by atoms with Gasteiger partial charge in [-0.3, -0.25) is 4.79 Å². The summed E-state index contributed by atoms with van der Waals surface area (Å²) in [4.78, 5) is 11.8. The lowest BCUT2D eigenvalue weighted by molar-refractivity contribution is -0.129. The van der Waals surface area contributed by atoms with Gasteiger partial charge in [-0.1, -0.05) is 30.3 Å². The van der Waals surface area contributed by atoms with Crippen molar-refractivity contribution in [1.29, 1.82) is 0 Å². The summed E-state index contributed by atoms with van der Waals surface area (Å²) < 4.78 is 1.64. The van der Waals surface area contributed by atoms with Crippen LogP contribution in [-0.2, 0) is 4.79 Å². The number of amides is 1. The van der Waals surface area contributed by atoms with Crippen LogP contribution in [-0.4, -0.2) is 22.3 Å². The highest BCUT2D eigenvalue weighted by Gasteiger charge is 2.16. The Kier molecular flexibility index (Phi) is 6.15. The van der Waals surface area contributed by atoms with Gasteiger partial charge in [0.15, 0.2) is 6.10 Å². The van der Waals surface area contributed by atoms with Gasteiger partial charge in [0, 0.05) is 9.13 Å². The number of phenols is 1. The summed E-state index contributed by atoms with van der Waals surface area (Å²) in [5.74, 6) is -0.537. The topological polar surface area (TPSA) is 81.9 Å². The largest absolute Gasteiger partial charge is 0.506 e. The van der Waals surface area contributed by atoms with E-state index in [1.54, 1.807) is 36.4 Å². The molecule has 5 nitrogen and oxygen atoms in total. The van der Waals surface area contributed by atoms with E-state index in [0.29, 0.717) is 14.7 Å². The van der Waals surface area contributed by atoms with E-state index in [-0.39, 0.29) is 5.75 Å². The Bertz CT molecular complexity index is 705. The molecular weight excluding hydrogens is 510 g/mol. The SMILES string of the molecule is O=C(NN=Cc1cc(I)cc(I)c1O)C(O)c1ccccc1. The van der Waals surface area contributed by atoms with Crippen LogP contribution in [0.15, 0.2) is 47.6 Å². The van der Waals surface area contributed by atoms with Crippen molar-refractivity contribution in [3.63, 3.8) is 0 Å². The second kappa shape index (κ2) is 7.88. The van der Waals surface area contributed by atoms with Crippen LogP contribution in [0.4, 0.5) is 0 Å². The number of nitrogens with zero attached hydrogens (tertiary/aromatic N) is 1. The number of halogens is 2. The Labute approximate surface area is 154 Å². The predicted octanol–water partition coefficient (Wildman–Crippen LogP) is 2.79. The van der Waals surface area contributed by atoms with Crippen molar-refractivity contribution in [2.24, 2.45) is 5.10 Å². The van der Waals surface area contributed by atoms with E-state index >= 15 is 0 Å². The van der Waals surface area contributed by atoms with Crippen molar-refractivity contribution in [1.82, 2.24) is 5.43 Å². The van der Waals surface area contributed by atoms with Gasteiger partial charge in [-0.2, -0.15) is 5.10 Å². The van der Waals surface area contributed by atoms with Gasteiger partial charge < -0.3 is 10.2 Å². The first-order valence-corrected chi connectivity index (χ1v) is 8.38. The fourth-order valence-corrected chi connectivity index (χ4v) is 3.59. The smallest absolute Gasteiger partial charge is 0.273 e. The minimum Gasteiger partial charge on any atom is -0.506 e. The van der Waals surface area contributed by atoms with E-state index in [1.165, 1.54) is 6.21 Å². The van der Waals surface area contributed by atoms with Crippen molar-refractivity contribution < 1.29 is 15.0 Å². The van der Waals surface area contributed by atoms with Gasteiger partial charge in [-0.25, -0.2) is 5.43 Å². The van der Waals surface area contributed by atoms with Crippen molar-refractivity contribution >= 4 is 57.3 Å². The minimum atomic E-state index is -1.29. The van der Waals surface area contributed by atoms with Gasteiger partial charge in [0.25, 0.3) is 5.91 Å². The number of nitrogens with one attached hydrogen (secondary N) is 1. The van der Waals surface area contributed by atoms with Crippen molar-refractivity contribution in [3.05, 3.63) is 60.7 Å². The highest BCUT2D eigenvalue weighted by Crippen LogP contribution is 2.25. The Morgan fingerprint density at radius 1 is 1.23 bits per heavy atom. The van der Waals surface area contributed by atoms with Crippen molar-refractivity contribution in [2.75, 3.05) is 0 Å². The van der Waals surface area contributed by atoms with Crippen molar-refractivity contribution in [3.8, 4) is 5.75 Å². The molecule has 22 heavy (non-hydrogen) atoms. The molecule has 1 unspecified atom stereocenters. The van der Waals surface area contributed by atoms with Gasteiger partial charge in [0.1, 0.15) is 5.75 Å². The molecule has 0 saturated carbocycles. The van der Waals surface area contributed by atoms with E-state index in [0.717, 1.165) is 3.57 Å². The highest BCUT2D eigenvalue weighted by atomic mass is 127. The number of hydrogen-bond donors (Lipinski definition) is 3. The quantitative estimate of drug-likeness (QED) is 0.329. The van der Waals surface area contributed by atoms with Gasteiger partial charge in [-0.15, -0.1) is 0 Å². The van der Waals surface area contributed by atoms with Crippen LogP contribution in [0.3, 0.4) is 0 Å². The molecule has 2 aromatic carbocycles. The first-order chi connectivity index (χ1) is 10.5. The highest BCUT2D eigenvalue weighted by molar-refractivity contribution is 14.1. The number of rotatable bonds is 4. The molecule has 1 atom stereocenters. The van der Waals surface area contributed by atoms with Crippen LogP contribution >= 0.6 is 45.2 Å². The molecule has 0 bridgehead atoms. The molecule has 2 rings (SSSR count). The fourth-order valence-electron chi connectivity index (χ4n) is 1.70. The number of aliphatic hydroxyl groups excluding tert-OH is 1. The lowest BCUT2D eigenvalue weighted by atomic mass is 10.1. The minimum absolute atomic E-state index is 0.0997. The van der Waals surface area contributed by atoms with E-state index in [9.17, 15) is 15.0 Å². The summed E-state index contributed by atoms with van der Waals surface area (Å²) in [7, 11) is 0. The van der Waals surface area contributed by atoms with E-state index in [1.807, 2.05) is 28.7 Å². The third kappa shape index (κ3) is 4.40. The van der Waals surface area contributed by atoms with Gasteiger partial charge in [-0.05, 0) is 62.9 Å². The molecule has 0 aliphatic rings. The molecule has 0 aromatic heterocycles. The Hall–Kier alpha value is -1.20. The molecule has 1 amide bonds. The van der Waals surface area contributed by atoms with E-state index in [2.05, 4.69) is 33.1 Å². The zero-order valence-electron chi connectivity index (χ0n) is 11.2. The number of phenolic OH excluding ortho intramolecular Hbond substituents is 1. The Balaban J connectivity index is 2.05. The second-order valence-electron chi connectivity index (χ2n) is 4.37. The van der Waals surface area contributed by atoms with Crippen LogP contribution in [0.25, 0.3) is 0 Å². The maximum absolute atomic E-state index is 11.8. The molecule has 2 aromatic rings. The maximum Gasteiger partial charge on any atom is 0.273 e. The number of benzene rings is 2.